The van der Waals surface area contributed by atoms with Crippen molar-refractivity contribution in [1.29, 1.82) is 0 Å². The van der Waals surface area contributed by atoms with Crippen LogP contribution >= 0.6 is 0 Å². The van der Waals surface area contributed by atoms with E-state index in [4.69, 9.17) is 5.73 Å². The summed E-state index contributed by atoms with van der Waals surface area (Å²) in [4.78, 5) is 25.1. The lowest BCUT2D eigenvalue weighted by Gasteiger charge is -2.30. The van der Waals surface area contributed by atoms with Gasteiger partial charge in [-0.2, -0.15) is 0 Å². The van der Waals surface area contributed by atoms with Crippen molar-refractivity contribution < 1.29 is 9.59 Å². The first kappa shape index (κ1) is 14.5. The predicted octanol–water partition coefficient (Wildman–Crippen LogP) is 1.46. The van der Waals surface area contributed by atoms with Gasteiger partial charge in [0.15, 0.2) is 0 Å². The minimum atomic E-state index is -0.467. The molecule has 1 fully saturated rings. The largest absolute Gasteiger partial charge is 0.366 e. The van der Waals surface area contributed by atoms with Gasteiger partial charge in [0.1, 0.15) is 0 Å². The Hall–Kier alpha value is -1.88. The van der Waals surface area contributed by atoms with Gasteiger partial charge in [-0.15, -0.1) is 0 Å². The van der Waals surface area contributed by atoms with Gasteiger partial charge in [-0.25, -0.2) is 0 Å². The van der Waals surface area contributed by atoms with Crippen molar-refractivity contribution in [2.24, 2.45) is 11.7 Å². The van der Waals surface area contributed by atoms with Crippen LogP contribution in [0, 0.1) is 5.92 Å². The highest BCUT2D eigenvalue weighted by Gasteiger charge is 2.18. The number of nitrogens with zero attached hydrogens (tertiary/aromatic N) is 1. The maximum absolute atomic E-state index is 12.0. The molecule has 1 aromatic carbocycles. The number of primary amides is 1. The number of rotatable bonds is 4. The Morgan fingerprint density at radius 2 is 2.05 bits per heavy atom. The summed E-state index contributed by atoms with van der Waals surface area (Å²) >= 11 is 0. The second-order valence-corrected chi connectivity index (χ2v) is 5.47. The van der Waals surface area contributed by atoms with E-state index in [1.165, 1.54) is 6.42 Å². The number of benzene rings is 1. The number of piperidine rings is 1. The number of hydrogen-bond acceptors (Lipinski definition) is 3. The molecule has 0 unspecified atom stereocenters. The molecule has 1 aliphatic heterocycles. The van der Waals surface area contributed by atoms with Crippen LogP contribution < -0.4 is 11.1 Å². The minimum Gasteiger partial charge on any atom is -0.366 e. The van der Waals surface area contributed by atoms with Crippen molar-refractivity contribution in [3.8, 4) is 0 Å². The lowest BCUT2D eigenvalue weighted by atomic mass is 10.0. The molecule has 5 nitrogen and oxygen atoms in total. The van der Waals surface area contributed by atoms with Crippen molar-refractivity contribution in [1.82, 2.24) is 4.90 Å². The van der Waals surface area contributed by atoms with Gasteiger partial charge >= 0.3 is 0 Å². The summed E-state index contributed by atoms with van der Waals surface area (Å²) in [6, 6.07) is 6.61. The summed E-state index contributed by atoms with van der Waals surface area (Å²) in [5.41, 5.74) is 6.29. The van der Waals surface area contributed by atoms with Gasteiger partial charge in [0.05, 0.1) is 6.54 Å². The summed E-state index contributed by atoms with van der Waals surface area (Å²) < 4.78 is 0. The molecule has 0 aliphatic carbocycles. The molecular formula is C15H21N3O2. The molecule has 3 N–H and O–H groups in total. The minimum absolute atomic E-state index is 0.0223. The zero-order valence-corrected chi connectivity index (χ0v) is 11.8. The molecule has 1 heterocycles. The van der Waals surface area contributed by atoms with Crippen LogP contribution in [0.5, 0.6) is 0 Å². The fourth-order valence-corrected chi connectivity index (χ4v) is 2.55. The first-order valence-corrected chi connectivity index (χ1v) is 6.96. The lowest BCUT2D eigenvalue weighted by Crippen LogP contribution is -2.39. The highest BCUT2D eigenvalue weighted by atomic mass is 16.2. The third-order valence-electron chi connectivity index (χ3n) is 3.56. The van der Waals surface area contributed by atoms with E-state index in [2.05, 4.69) is 17.1 Å². The average Bonchev–Trinajstić information content (AvgIpc) is 2.39. The third kappa shape index (κ3) is 4.06. The predicted molar refractivity (Wildman–Crippen MR) is 78.4 cm³/mol. The monoisotopic (exact) mass is 275 g/mol. The summed E-state index contributed by atoms with van der Waals surface area (Å²) in [6.45, 7) is 4.60. The van der Waals surface area contributed by atoms with E-state index in [1.807, 2.05) is 0 Å². The Bertz CT molecular complexity index is 484. The van der Waals surface area contributed by atoms with E-state index in [0.29, 0.717) is 23.7 Å². The number of nitrogens with one attached hydrogen (secondary N) is 1. The normalized spacial score (nSPS) is 19.6. The molecule has 2 rings (SSSR count). The molecule has 20 heavy (non-hydrogen) atoms. The topological polar surface area (TPSA) is 75.4 Å². The standard InChI is InChI=1S/C15H21N3O2/c1-11-3-2-8-18(9-11)10-14(19)17-13-6-4-12(5-7-13)15(16)20/h4-7,11H,2-3,8-10H2,1H3,(H2,16,20)(H,17,19)/t11-/m0/s1. The van der Waals surface area contributed by atoms with Crippen LogP contribution in [0.15, 0.2) is 24.3 Å². The zero-order chi connectivity index (χ0) is 14.5. The van der Waals surface area contributed by atoms with Gasteiger partial charge in [0, 0.05) is 17.8 Å². The van der Waals surface area contributed by atoms with Crippen LogP contribution in [0.4, 0.5) is 5.69 Å². The smallest absolute Gasteiger partial charge is 0.248 e. The molecule has 5 heteroatoms. The van der Waals surface area contributed by atoms with E-state index in [0.717, 1.165) is 19.5 Å². The van der Waals surface area contributed by atoms with Gasteiger partial charge in [0.2, 0.25) is 11.8 Å². The van der Waals surface area contributed by atoms with E-state index < -0.39 is 5.91 Å². The van der Waals surface area contributed by atoms with Crippen molar-refractivity contribution in [2.75, 3.05) is 25.0 Å². The van der Waals surface area contributed by atoms with Crippen molar-refractivity contribution in [3.05, 3.63) is 29.8 Å². The Morgan fingerprint density at radius 1 is 1.35 bits per heavy atom. The van der Waals surface area contributed by atoms with Crippen LogP contribution in [-0.2, 0) is 4.79 Å². The summed E-state index contributed by atoms with van der Waals surface area (Å²) in [5.74, 6) is 0.169. The van der Waals surface area contributed by atoms with Gasteiger partial charge in [-0.3, -0.25) is 14.5 Å². The molecule has 0 saturated carbocycles. The lowest BCUT2D eigenvalue weighted by molar-refractivity contribution is -0.117. The van der Waals surface area contributed by atoms with Crippen LogP contribution in [0.2, 0.25) is 0 Å². The quantitative estimate of drug-likeness (QED) is 0.873. The summed E-state index contributed by atoms with van der Waals surface area (Å²) in [7, 11) is 0. The van der Waals surface area contributed by atoms with Crippen LogP contribution in [0.3, 0.4) is 0 Å². The van der Waals surface area contributed by atoms with E-state index in [1.54, 1.807) is 24.3 Å². The van der Waals surface area contributed by atoms with E-state index in [-0.39, 0.29) is 5.91 Å². The summed E-state index contributed by atoms with van der Waals surface area (Å²) in [5, 5.41) is 2.84. The molecule has 1 aliphatic rings. The number of nitrogens with two attached hydrogens (primary N) is 1. The Labute approximate surface area is 119 Å². The second-order valence-electron chi connectivity index (χ2n) is 5.47. The fraction of sp³-hybridized carbons (Fsp3) is 0.467. The van der Waals surface area contributed by atoms with Crippen molar-refractivity contribution in [2.45, 2.75) is 19.8 Å². The van der Waals surface area contributed by atoms with Crippen molar-refractivity contribution in [3.63, 3.8) is 0 Å². The Balaban J connectivity index is 1.86. The number of amides is 2. The molecule has 1 saturated heterocycles. The van der Waals surface area contributed by atoms with Crippen molar-refractivity contribution >= 4 is 17.5 Å². The molecule has 0 bridgehead atoms. The van der Waals surface area contributed by atoms with Gasteiger partial charge in [-0.1, -0.05) is 6.92 Å². The van der Waals surface area contributed by atoms with Gasteiger partial charge < -0.3 is 11.1 Å². The van der Waals surface area contributed by atoms with E-state index in [9.17, 15) is 9.59 Å². The molecule has 1 atom stereocenters. The maximum Gasteiger partial charge on any atom is 0.248 e. The number of carbonyl (C=O) groups excluding carboxylic acids is 2. The highest BCUT2D eigenvalue weighted by Crippen LogP contribution is 2.15. The first-order chi connectivity index (χ1) is 9.54. The van der Waals surface area contributed by atoms with Crippen LogP contribution in [0.1, 0.15) is 30.1 Å². The average molecular weight is 275 g/mol. The summed E-state index contributed by atoms with van der Waals surface area (Å²) in [6.07, 6.45) is 2.40. The number of likely N-dealkylation sites (tertiary alicyclic amines) is 1. The molecule has 0 spiro atoms. The second kappa shape index (κ2) is 6.52. The van der Waals surface area contributed by atoms with Gasteiger partial charge in [-0.05, 0) is 49.6 Å². The number of carbonyl (C=O) groups is 2. The molecule has 0 aromatic heterocycles. The van der Waals surface area contributed by atoms with E-state index >= 15 is 0 Å². The fourth-order valence-electron chi connectivity index (χ4n) is 2.55. The molecule has 2 amide bonds. The van der Waals surface area contributed by atoms with Crippen LogP contribution in [-0.4, -0.2) is 36.3 Å². The first-order valence-electron chi connectivity index (χ1n) is 6.96. The molecular weight excluding hydrogens is 254 g/mol. The molecule has 108 valence electrons. The number of hydrogen-bond donors (Lipinski definition) is 2. The highest BCUT2D eigenvalue weighted by molar-refractivity contribution is 5.95. The SMILES string of the molecule is C[C@H]1CCCN(CC(=O)Nc2ccc(C(N)=O)cc2)C1. The molecule has 0 radical (unpaired) electrons. The zero-order valence-electron chi connectivity index (χ0n) is 11.8. The third-order valence-corrected chi connectivity index (χ3v) is 3.56. The maximum atomic E-state index is 12.0. The van der Waals surface area contributed by atoms with Crippen LogP contribution in [0.25, 0.3) is 0 Å². The molecule has 1 aromatic rings. The van der Waals surface area contributed by atoms with Gasteiger partial charge in [0.25, 0.3) is 0 Å². The Morgan fingerprint density at radius 3 is 2.65 bits per heavy atom. The number of anilines is 1. The Kier molecular flexibility index (Phi) is 4.74.